The number of fused-ring (bicyclic) bond motifs is 1. The first-order valence-electron chi connectivity index (χ1n) is 5.16. The van der Waals surface area contributed by atoms with Gasteiger partial charge in [0, 0.05) is 11.2 Å². The summed E-state index contributed by atoms with van der Waals surface area (Å²) in [5.41, 5.74) is 5.49. The van der Waals surface area contributed by atoms with E-state index in [0.717, 1.165) is 19.3 Å². The molecule has 0 radical (unpaired) electrons. The minimum absolute atomic E-state index is 0.144. The van der Waals surface area contributed by atoms with E-state index in [4.69, 9.17) is 5.73 Å². The summed E-state index contributed by atoms with van der Waals surface area (Å²) in [6.45, 7) is 0.664. The SMILES string of the molecule is NCCC1=CC2C(CCC(O)C2O)S1. The van der Waals surface area contributed by atoms with Crippen LogP contribution in [0.1, 0.15) is 19.3 Å². The Kier molecular flexibility index (Phi) is 3.17. The second-order valence-corrected chi connectivity index (χ2v) is 5.41. The second-order valence-electron chi connectivity index (χ2n) is 4.04. The zero-order valence-electron chi connectivity index (χ0n) is 8.10. The van der Waals surface area contributed by atoms with Crippen molar-refractivity contribution in [3.05, 3.63) is 11.0 Å². The van der Waals surface area contributed by atoms with Crippen molar-refractivity contribution in [2.45, 2.75) is 36.7 Å². The van der Waals surface area contributed by atoms with Crippen LogP contribution in [0.3, 0.4) is 0 Å². The van der Waals surface area contributed by atoms with Gasteiger partial charge in [0.2, 0.25) is 0 Å². The number of rotatable bonds is 2. The molecule has 0 saturated heterocycles. The van der Waals surface area contributed by atoms with E-state index in [9.17, 15) is 10.2 Å². The summed E-state index contributed by atoms with van der Waals surface area (Å²) in [4.78, 5) is 1.29. The second kappa shape index (κ2) is 4.23. The third-order valence-electron chi connectivity index (χ3n) is 3.04. The maximum atomic E-state index is 9.79. The average molecular weight is 215 g/mol. The van der Waals surface area contributed by atoms with Gasteiger partial charge in [-0.05, 0) is 30.7 Å². The number of aliphatic hydroxyl groups excluding tert-OH is 2. The maximum Gasteiger partial charge on any atom is 0.0872 e. The molecule has 4 heteroatoms. The predicted octanol–water partition coefficient (Wildman–Crippen LogP) is 0.466. The molecular weight excluding hydrogens is 198 g/mol. The van der Waals surface area contributed by atoms with Crippen LogP contribution in [-0.2, 0) is 0 Å². The van der Waals surface area contributed by atoms with Crippen LogP contribution >= 0.6 is 11.8 Å². The van der Waals surface area contributed by atoms with E-state index in [1.165, 1.54) is 4.91 Å². The first kappa shape index (κ1) is 10.5. The third-order valence-corrected chi connectivity index (χ3v) is 4.53. The Bertz CT molecular complexity index is 244. The highest BCUT2D eigenvalue weighted by Crippen LogP contribution is 2.45. The Balaban J connectivity index is 2.05. The fraction of sp³-hybridized carbons (Fsp3) is 0.800. The van der Waals surface area contributed by atoms with E-state index in [0.29, 0.717) is 11.8 Å². The molecule has 2 rings (SSSR count). The highest BCUT2D eigenvalue weighted by atomic mass is 32.2. The van der Waals surface area contributed by atoms with E-state index < -0.39 is 12.2 Å². The van der Waals surface area contributed by atoms with E-state index >= 15 is 0 Å². The molecule has 4 atom stereocenters. The number of nitrogens with two attached hydrogens (primary N) is 1. The average Bonchev–Trinajstić information content (AvgIpc) is 2.56. The lowest BCUT2D eigenvalue weighted by Crippen LogP contribution is -2.41. The number of hydrogen-bond donors (Lipinski definition) is 3. The monoisotopic (exact) mass is 215 g/mol. The largest absolute Gasteiger partial charge is 0.390 e. The molecule has 80 valence electrons. The van der Waals surface area contributed by atoms with E-state index in [1.54, 1.807) is 0 Å². The Morgan fingerprint density at radius 1 is 1.43 bits per heavy atom. The quantitative estimate of drug-likeness (QED) is 0.626. The minimum Gasteiger partial charge on any atom is -0.390 e. The molecule has 1 saturated carbocycles. The van der Waals surface area contributed by atoms with Crippen molar-refractivity contribution in [1.29, 1.82) is 0 Å². The van der Waals surface area contributed by atoms with Gasteiger partial charge in [0.05, 0.1) is 12.2 Å². The van der Waals surface area contributed by atoms with Crippen LogP contribution in [0.25, 0.3) is 0 Å². The normalized spacial score (nSPS) is 42.1. The molecule has 4 N–H and O–H groups in total. The van der Waals surface area contributed by atoms with Gasteiger partial charge >= 0.3 is 0 Å². The molecule has 14 heavy (non-hydrogen) atoms. The molecule has 0 bridgehead atoms. The molecule has 0 aromatic carbocycles. The van der Waals surface area contributed by atoms with Crippen LogP contribution in [0.15, 0.2) is 11.0 Å². The molecule has 1 aliphatic heterocycles. The summed E-state index contributed by atoms with van der Waals surface area (Å²) in [7, 11) is 0. The van der Waals surface area contributed by atoms with E-state index in [2.05, 4.69) is 6.08 Å². The van der Waals surface area contributed by atoms with Crippen molar-refractivity contribution in [2.75, 3.05) is 6.54 Å². The molecule has 0 spiro atoms. The zero-order valence-corrected chi connectivity index (χ0v) is 8.91. The van der Waals surface area contributed by atoms with Crippen molar-refractivity contribution in [2.24, 2.45) is 11.7 Å². The topological polar surface area (TPSA) is 66.5 Å². The number of hydrogen-bond acceptors (Lipinski definition) is 4. The van der Waals surface area contributed by atoms with Gasteiger partial charge in [0.15, 0.2) is 0 Å². The smallest absolute Gasteiger partial charge is 0.0872 e. The van der Waals surface area contributed by atoms with E-state index in [1.807, 2.05) is 11.8 Å². The van der Waals surface area contributed by atoms with Crippen molar-refractivity contribution in [1.82, 2.24) is 0 Å². The molecule has 1 heterocycles. The van der Waals surface area contributed by atoms with Gasteiger partial charge in [-0.15, -0.1) is 11.8 Å². The molecule has 1 aliphatic carbocycles. The molecule has 3 nitrogen and oxygen atoms in total. The first-order chi connectivity index (χ1) is 6.72. The first-order valence-corrected chi connectivity index (χ1v) is 6.04. The number of aliphatic hydroxyl groups is 2. The highest BCUT2D eigenvalue weighted by molar-refractivity contribution is 8.03. The van der Waals surface area contributed by atoms with Crippen LogP contribution < -0.4 is 5.73 Å². The summed E-state index contributed by atoms with van der Waals surface area (Å²) in [5.74, 6) is 0.144. The summed E-state index contributed by atoms with van der Waals surface area (Å²) in [6, 6.07) is 0. The molecule has 0 aromatic heterocycles. The number of thioether (sulfide) groups is 1. The molecular formula is C10H17NO2S. The summed E-state index contributed by atoms with van der Waals surface area (Å²) < 4.78 is 0. The Labute approximate surface area is 88.4 Å². The van der Waals surface area contributed by atoms with Crippen LogP contribution in [0.5, 0.6) is 0 Å². The third kappa shape index (κ3) is 1.84. The van der Waals surface area contributed by atoms with Gasteiger partial charge < -0.3 is 15.9 Å². The Hall–Kier alpha value is -0.0300. The van der Waals surface area contributed by atoms with Crippen molar-refractivity contribution < 1.29 is 10.2 Å². The van der Waals surface area contributed by atoms with Crippen LogP contribution in [0, 0.1) is 5.92 Å². The Morgan fingerprint density at radius 2 is 2.21 bits per heavy atom. The fourth-order valence-corrected chi connectivity index (χ4v) is 3.76. The molecule has 0 amide bonds. The molecule has 1 fully saturated rings. The van der Waals surface area contributed by atoms with Gasteiger partial charge in [-0.1, -0.05) is 6.08 Å². The summed E-state index contributed by atoms with van der Waals surface area (Å²) in [5, 5.41) is 19.8. The Morgan fingerprint density at radius 3 is 2.93 bits per heavy atom. The van der Waals surface area contributed by atoms with Gasteiger partial charge in [-0.2, -0.15) is 0 Å². The molecule has 0 aromatic rings. The molecule has 4 unspecified atom stereocenters. The standard InChI is InChI=1S/C10H17NO2S/c11-4-3-6-5-7-9(14-6)2-1-8(12)10(7)13/h5,7-10,12-13H,1-4,11H2. The van der Waals surface area contributed by atoms with Crippen molar-refractivity contribution >= 4 is 11.8 Å². The van der Waals surface area contributed by atoms with Crippen LogP contribution in [0.4, 0.5) is 0 Å². The van der Waals surface area contributed by atoms with Crippen LogP contribution in [-0.4, -0.2) is 34.2 Å². The highest BCUT2D eigenvalue weighted by Gasteiger charge is 2.40. The van der Waals surface area contributed by atoms with Crippen molar-refractivity contribution in [3.8, 4) is 0 Å². The summed E-state index contributed by atoms with van der Waals surface area (Å²) >= 11 is 1.83. The zero-order chi connectivity index (χ0) is 10.1. The summed E-state index contributed by atoms with van der Waals surface area (Å²) in [6.07, 6.45) is 3.62. The van der Waals surface area contributed by atoms with Gasteiger partial charge in [0.25, 0.3) is 0 Å². The van der Waals surface area contributed by atoms with Gasteiger partial charge in [-0.3, -0.25) is 0 Å². The van der Waals surface area contributed by atoms with Crippen LogP contribution in [0.2, 0.25) is 0 Å². The van der Waals surface area contributed by atoms with Crippen molar-refractivity contribution in [3.63, 3.8) is 0 Å². The van der Waals surface area contributed by atoms with E-state index in [-0.39, 0.29) is 5.92 Å². The van der Waals surface area contributed by atoms with Gasteiger partial charge in [-0.25, -0.2) is 0 Å². The lowest BCUT2D eigenvalue weighted by atomic mass is 9.84. The fourth-order valence-electron chi connectivity index (χ4n) is 2.25. The lowest BCUT2D eigenvalue weighted by molar-refractivity contribution is -0.0281. The lowest BCUT2D eigenvalue weighted by Gasteiger charge is -2.32. The molecule has 2 aliphatic rings. The van der Waals surface area contributed by atoms with Gasteiger partial charge in [0.1, 0.15) is 0 Å². The predicted molar refractivity (Wildman–Crippen MR) is 57.9 cm³/mol. The maximum absolute atomic E-state index is 9.79. The minimum atomic E-state index is -0.573.